The number of para-hydroxylation sites is 1. The van der Waals surface area contributed by atoms with Gasteiger partial charge in [-0.3, -0.25) is 4.79 Å². The fraction of sp³-hybridized carbons (Fsp3) is 0.0417. The second-order valence-corrected chi connectivity index (χ2v) is 6.32. The Labute approximate surface area is 168 Å². The van der Waals surface area contributed by atoms with Gasteiger partial charge in [-0.15, -0.1) is 0 Å². The molecule has 1 N–H and O–H groups in total. The third-order valence-electron chi connectivity index (χ3n) is 4.06. The van der Waals surface area contributed by atoms with E-state index < -0.39 is 11.9 Å². The number of ether oxygens (including phenoxy) is 1. The molecule has 3 aromatic rings. The van der Waals surface area contributed by atoms with Crippen molar-refractivity contribution in [3.05, 3.63) is 101 Å². The third kappa shape index (κ3) is 5.41. The van der Waals surface area contributed by atoms with E-state index in [4.69, 9.17) is 4.74 Å². The van der Waals surface area contributed by atoms with E-state index in [9.17, 15) is 14.9 Å². The first-order valence-electron chi connectivity index (χ1n) is 8.92. The summed E-state index contributed by atoms with van der Waals surface area (Å²) in [5.41, 5.74) is 2.59. The van der Waals surface area contributed by atoms with Gasteiger partial charge >= 0.3 is 5.97 Å². The summed E-state index contributed by atoms with van der Waals surface area (Å²) in [5, 5.41) is 12.0. The number of aryl methyl sites for hydroxylation is 1. The van der Waals surface area contributed by atoms with Gasteiger partial charge in [0.2, 0.25) is 0 Å². The molecular weight excluding hydrogens is 364 g/mol. The van der Waals surface area contributed by atoms with Gasteiger partial charge in [-0.05, 0) is 55.0 Å². The summed E-state index contributed by atoms with van der Waals surface area (Å²) in [7, 11) is 0. The number of anilines is 1. The number of carbonyl (C=O) groups excluding carboxylic acids is 2. The zero-order valence-electron chi connectivity index (χ0n) is 15.8. The van der Waals surface area contributed by atoms with Crippen LogP contribution in [0.25, 0.3) is 6.08 Å². The van der Waals surface area contributed by atoms with Gasteiger partial charge in [0, 0.05) is 5.69 Å². The van der Waals surface area contributed by atoms with Crippen LogP contribution in [0, 0.1) is 18.3 Å². The van der Waals surface area contributed by atoms with E-state index in [1.165, 1.54) is 6.08 Å². The minimum atomic E-state index is -0.513. The summed E-state index contributed by atoms with van der Waals surface area (Å²) in [6.07, 6.45) is 1.45. The lowest BCUT2D eigenvalue weighted by atomic mass is 10.1. The average Bonchev–Trinajstić information content (AvgIpc) is 2.73. The number of nitrogens with zero attached hydrogens (tertiary/aromatic N) is 1. The Bertz CT molecular complexity index is 1090. The average molecular weight is 382 g/mol. The van der Waals surface area contributed by atoms with Gasteiger partial charge < -0.3 is 10.1 Å². The van der Waals surface area contributed by atoms with Gasteiger partial charge in [0.1, 0.15) is 17.4 Å². The molecule has 3 aromatic carbocycles. The summed E-state index contributed by atoms with van der Waals surface area (Å²) >= 11 is 0. The molecule has 0 radical (unpaired) electrons. The fourth-order valence-corrected chi connectivity index (χ4v) is 2.56. The smallest absolute Gasteiger partial charge is 0.343 e. The molecule has 0 unspecified atom stereocenters. The van der Waals surface area contributed by atoms with Crippen LogP contribution in [-0.4, -0.2) is 11.9 Å². The van der Waals surface area contributed by atoms with Crippen molar-refractivity contribution in [3.8, 4) is 11.8 Å². The topological polar surface area (TPSA) is 79.2 Å². The zero-order valence-corrected chi connectivity index (χ0v) is 15.8. The van der Waals surface area contributed by atoms with Crippen LogP contribution in [0.1, 0.15) is 21.5 Å². The van der Waals surface area contributed by atoms with Crippen molar-refractivity contribution in [3.63, 3.8) is 0 Å². The van der Waals surface area contributed by atoms with Crippen molar-refractivity contribution in [2.45, 2.75) is 6.92 Å². The number of carbonyl (C=O) groups is 2. The van der Waals surface area contributed by atoms with Crippen LogP contribution in [0.3, 0.4) is 0 Å². The monoisotopic (exact) mass is 382 g/mol. The van der Waals surface area contributed by atoms with E-state index in [2.05, 4.69) is 5.32 Å². The molecule has 0 bridgehead atoms. The van der Waals surface area contributed by atoms with E-state index in [0.29, 0.717) is 22.6 Å². The molecular formula is C24H18N2O3. The Balaban J connectivity index is 1.75. The van der Waals surface area contributed by atoms with Crippen molar-refractivity contribution in [2.24, 2.45) is 0 Å². The predicted octanol–water partition coefficient (Wildman–Crippen LogP) is 4.76. The Kier molecular flexibility index (Phi) is 6.18. The van der Waals surface area contributed by atoms with Crippen molar-refractivity contribution < 1.29 is 14.3 Å². The van der Waals surface area contributed by atoms with E-state index in [-0.39, 0.29) is 5.57 Å². The molecule has 0 aromatic heterocycles. The number of hydrogen-bond acceptors (Lipinski definition) is 4. The van der Waals surface area contributed by atoms with Crippen LogP contribution in [0.2, 0.25) is 0 Å². The van der Waals surface area contributed by atoms with Gasteiger partial charge in [0.15, 0.2) is 0 Å². The summed E-state index contributed by atoms with van der Waals surface area (Å²) < 4.78 is 5.40. The quantitative estimate of drug-likeness (QED) is 0.299. The Hall–Kier alpha value is -4.17. The third-order valence-corrected chi connectivity index (χ3v) is 4.06. The van der Waals surface area contributed by atoms with E-state index in [1.807, 2.05) is 31.2 Å². The first kappa shape index (κ1) is 19.6. The summed E-state index contributed by atoms with van der Waals surface area (Å²) in [4.78, 5) is 24.6. The Morgan fingerprint density at radius 2 is 1.69 bits per heavy atom. The maximum atomic E-state index is 12.3. The molecule has 0 saturated carbocycles. The highest BCUT2D eigenvalue weighted by Crippen LogP contribution is 2.18. The second-order valence-electron chi connectivity index (χ2n) is 6.32. The molecule has 5 heteroatoms. The maximum absolute atomic E-state index is 12.3. The molecule has 0 aliphatic carbocycles. The SMILES string of the molecule is Cc1ccc(C(=O)Oc2cccc(/C=C(\C#N)C(=O)Nc3ccccc3)c2)cc1. The minimum Gasteiger partial charge on any atom is -0.423 e. The molecule has 0 spiro atoms. The zero-order chi connectivity index (χ0) is 20.6. The van der Waals surface area contributed by atoms with Crippen molar-refractivity contribution in [1.82, 2.24) is 0 Å². The van der Waals surface area contributed by atoms with Gasteiger partial charge in [-0.25, -0.2) is 4.79 Å². The lowest BCUT2D eigenvalue weighted by Crippen LogP contribution is -2.13. The number of esters is 1. The summed E-state index contributed by atoms with van der Waals surface area (Å²) in [6, 6.07) is 24.5. The number of rotatable bonds is 5. The van der Waals surface area contributed by atoms with Crippen LogP contribution in [0.5, 0.6) is 5.75 Å². The van der Waals surface area contributed by atoms with Crippen LogP contribution in [-0.2, 0) is 4.79 Å². The van der Waals surface area contributed by atoms with Crippen LogP contribution < -0.4 is 10.1 Å². The van der Waals surface area contributed by atoms with Crippen LogP contribution in [0.15, 0.2) is 84.4 Å². The summed E-state index contributed by atoms with van der Waals surface area (Å²) in [5.74, 6) is -0.667. The molecule has 1 amide bonds. The molecule has 29 heavy (non-hydrogen) atoms. The van der Waals surface area contributed by atoms with Gasteiger partial charge in [0.05, 0.1) is 5.56 Å². The molecule has 0 heterocycles. The molecule has 0 saturated heterocycles. The van der Waals surface area contributed by atoms with Crippen molar-refractivity contribution >= 4 is 23.6 Å². The highest BCUT2D eigenvalue weighted by molar-refractivity contribution is 6.09. The Morgan fingerprint density at radius 1 is 0.966 bits per heavy atom. The van der Waals surface area contributed by atoms with E-state index >= 15 is 0 Å². The highest BCUT2D eigenvalue weighted by atomic mass is 16.5. The molecule has 0 aliphatic rings. The fourth-order valence-electron chi connectivity index (χ4n) is 2.56. The first-order chi connectivity index (χ1) is 14.0. The second kappa shape index (κ2) is 9.16. The largest absolute Gasteiger partial charge is 0.423 e. The number of nitriles is 1. The molecule has 5 nitrogen and oxygen atoms in total. The normalized spacial score (nSPS) is 10.7. The van der Waals surface area contributed by atoms with Crippen LogP contribution >= 0.6 is 0 Å². The lowest BCUT2D eigenvalue weighted by Gasteiger charge is -2.06. The standard InChI is InChI=1S/C24H18N2O3/c1-17-10-12-19(13-11-17)24(28)29-22-9-5-6-18(15-22)14-20(16-25)23(27)26-21-7-3-2-4-8-21/h2-15H,1H3,(H,26,27)/b20-14+. The van der Waals surface area contributed by atoms with Crippen molar-refractivity contribution in [1.29, 1.82) is 5.26 Å². The maximum Gasteiger partial charge on any atom is 0.343 e. The Morgan fingerprint density at radius 3 is 2.38 bits per heavy atom. The van der Waals surface area contributed by atoms with Gasteiger partial charge in [-0.1, -0.05) is 48.0 Å². The van der Waals surface area contributed by atoms with E-state index in [0.717, 1.165) is 5.56 Å². The molecule has 0 fully saturated rings. The van der Waals surface area contributed by atoms with Gasteiger partial charge in [0.25, 0.3) is 5.91 Å². The lowest BCUT2D eigenvalue weighted by molar-refractivity contribution is -0.112. The molecule has 0 atom stereocenters. The van der Waals surface area contributed by atoms with Gasteiger partial charge in [-0.2, -0.15) is 5.26 Å². The number of benzene rings is 3. The molecule has 0 aliphatic heterocycles. The van der Waals surface area contributed by atoms with Crippen LogP contribution in [0.4, 0.5) is 5.69 Å². The molecule has 3 rings (SSSR count). The van der Waals surface area contributed by atoms with E-state index in [1.54, 1.807) is 60.7 Å². The number of nitrogens with one attached hydrogen (secondary N) is 1. The predicted molar refractivity (Wildman–Crippen MR) is 111 cm³/mol. The first-order valence-corrected chi connectivity index (χ1v) is 8.92. The summed E-state index contributed by atoms with van der Waals surface area (Å²) in [6.45, 7) is 1.94. The highest BCUT2D eigenvalue weighted by Gasteiger charge is 2.11. The number of hydrogen-bond donors (Lipinski definition) is 1. The number of amides is 1. The molecule has 142 valence electrons. The van der Waals surface area contributed by atoms with Crippen molar-refractivity contribution in [2.75, 3.05) is 5.32 Å². The minimum absolute atomic E-state index is 0.0594.